The molecular formula is C26H23N2O+. The number of nitrogens with zero attached hydrogens (tertiary/aromatic N) is 1. The SMILES string of the molecule is OCCC[n+]1ccc(/C=C/c2ccc3[nH]c4ccccc4c3c2)c2ccccc21. The summed E-state index contributed by atoms with van der Waals surface area (Å²) in [4.78, 5) is 3.48. The van der Waals surface area contributed by atoms with Crippen LogP contribution in [0.1, 0.15) is 17.5 Å². The number of aromatic amines is 1. The molecule has 3 heteroatoms. The fraction of sp³-hybridized carbons (Fsp3) is 0.115. The van der Waals surface area contributed by atoms with Crippen molar-refractivity contribution in [3.05, 3.63) is 90.1 Å². The number of para-hydroxylation sites is 2. The average Bonchev–Trinajstić information content (AvgIpc) is 3.14. The molecule has 0 spiro atoms. The number of fused-ring (bicyclic) bond motifs is 4. The summed E-state index contributed by atoms with van der Waals surface area (Å²) >= 11 is 0. The van der Waals surface area contributed by atoms with Gasteiger partial charge in [0.05, 0.1) is 5.39 Å². The number of aryl methyl sites for hydroxylation is 1. The van der Waals surface area contributed by atoms with Crippen LogP contribution >= 0.6 is 0 Å². The summed E-state index contributed by atoms with van der Waals surface area (Å²) in [6.45, 7) is 1.03. The van der Waals surface area contributed by atoms with Crippen LogP contribution in [0.2, 0.25) is 0 Å². The van der Waals surface area contributed by atoms with Crippen molar-refractivity contribution in [3.8, 4) is 0 Å². The molecule has 2 heterocycles. The van der Waals surface area contributed by atoms with E-state index in [4.69, 9.17) is 5.11 Å². The normalized spacial score (nSPS) is 11.9. The van der Waals surface area contributed by atoms with E-state index < -0.39 is 0 Å². The monoisotopic (exact) mass is 379 g/mol. The van der Waals surface area contributed by atoms with Gasteiger partial charge in [0.25, 0.3) is 0 Å². The van der Waals surface area contributed by atoms with E-state index in [9.17, 15) is 0 Å². The third kappa shape index (κ3) is 3.30. The minimum Gasteiger partial charge on any atom is -0.396 e. The molecule has 0 aliphatic heterocycles. The molecule has 2 aromatic heterocycles. The second kappa shape index (κ2) is 7.53. The van der Waals surface area contributed by atoms with Gasteiger partial charge in [0.15, 0.2) is 12.7 Å². The predicted octanol–water partition coefficient (Wildman–Crippen LogP) is 5.31. The number of hydrogen-bond donors (Lipinski definition) is 2. The number of aromatic nitrogens is 2. The summed E-state index contributed by atoms with van der Waals surface area (Å²) in [7, 11) is 0. The molecule has 0 radical (unpaired) electrons. The van der Waals surface area contributed by atoms with Crippen LogP contribution in [-0.4, -0.2) is 16.7 Å². The Balaban J connectivity index is 1.54. The van der Waals surface area contributed by atoms with Crippen molar-refractivity contribution in [1.29, 1.82) is 0 Å². The van der Waals surface area contributed by atoms with E-state index in [1.165, 1.54) is 43.8 Å². The maximum Gasteiger partial charge on any atom is 0.213 e. The van der Waals surface area contributed by atoms with Gasteiger partial charge in [0.2, 0.25) is 5.52 Å². The number of aliphatic hydroxyl groups excluding tert-OH is 1. The summed E-state index contributed by atoms with van der Waals surface area (Å²) in [5.74, 6) is 0. The number of H-pyrrole nitrogens is 1. The van der Waals surface area contributed by atoms with Gasteiger partial charge in [0.1, 0.15) is 0 Å². The lowest BCUT2D eigenvalue weighted by molar-refractivity contribution is -0.672. The summed E-state index contributed by atoms with van der Waals surface area (Å²) < 4.78 is 2.21. The second-order valence-corrected chi connectivity index (χ2v) is 7.37. The predicted molar refractivity (Wildman–Crippen MR) is 121 cm³/mol. The van der Waals surface area contributed by atoms with Crippen LogP contribution in [0.5, 0.6) is 0 Å². The molecule has 0 atom stereocenters. The molecule has 29 heavy (non-hydrogen) atoms. The summed E-state index contributed by atoms with van der Waals surface area (Å²) in [6.07, 6.45) is 7.24. The molecule has 0 saturated heterocycles. The van der Waals surface area contributed by atoms with Crippen LogP contribution in [0.4, 0.5) is 0 Å². The van der Waals surface area contributed by atoms with Gasteiger partial charge in [-0.1, -0.05) is 48.6 Å². The van der Waals surface area contributed by atoms with Gasteiger partial charge in [-0.2, -0.15) is 4.57 Å². The molecule has 0 amide bonds. The molecule has 0 unspecified atom stereocenters. The molecule has 0 fully saturated rings. The van der Waals surface area contributed by atoms with Gasteiger partial charge in [-0.3, -0.25) is 0 Å². The van der Waals surface area contributed by atoms with E-state index in [1.807, 2.05) is 0 Å². The fourth-order valence-electron chi connectivity index (χ4n) is 4.05. The van der Waals surface area contributed by atoms with Crippen molar-refractivity contribution in [2.24, 2.45) is 0 Å². The maximum atomic E-state index is 9.16. The number of hydrogen-bond acceptors (Lipinski definition) is 1. The Morgan fingerprint density at radius 3 is 2.48 bits per heavy atom. The average molecular weight is 379 g/mol. The highest BCUT2D eigenvalue weighted by Gasteiger charge is 2.10. The van der Waals surface area contributed by atoms with Crippen molar-refractivity contribution in [1.82, 2.24) is 4.98 Å². The Labute approximate surface area is 169 Å². The van der Waals surface area contributed by atoms with Crippen molar-refractivity contribution < 1.29 is 9.67 Å². The van der Waals surface area contributed by atoms with Crippen LogP contribution in [0.3, 0.4) is 0 Å². The van der Waals surface area contributed by atoms with E-state index >= 15 is 0 Å². The Kier molecular flexibility index (Phi) is 4.59. The van der Waals surface area contributed by atoms with Gasteiger partial charge in [-0.25, -0.2) is 0 Å². The standard InChI is InChI=1S/C26H22N2O/c29-17-5-15-28-16-14-20(21-6-2-4-9-26(21)28)12-10-19-11-13-25-23(18-19)22-7-1-3-8-24(22)27-25/h1-4,6-14,16,18,29H,5,15,17H2/p+1. The second-order valence-electron chi connectivity index (χ2n) is 7.37. The Hall–Kier alpha value is -3.43. The summed E-state index contributed by atoms with van der Waals surface area (Å²) in [5, 5.41) is 12.9. The molecule has 5 aromatic rings. The van der Waals surface area contributed by atoms with E-state index in [-0.39, 0.29) is 6.61 Å². The van der Waals surface area contributed by atoms with E-state index in [2.05, 4.69) is 101 Å². The quantitative estimate of drug-likeness (QED) is 0.399. The van der Waals surface area contributed by atoms with E-state index in [0.717, 1.165) is 13.0 Å². The third-order valence-corrected chi connectivity index (χ3v) is 5.50. The van der Waals surface area contributed by atoms with E-state index in [1.54, 1.807) is 0 Å². The molecule has 0 aliphatic carbocycles. The third-order valence-electron chi connectivity index (χ3n) is 5.50. The maximum absolute atomic E-state index is 9.16. The Morgan fingerprint density at radius 2 is 1.59 bits per heavy atom. The van der Waals surface area contributed by atoms with Crippen molar-refractivity contribution in [3.63, 3.8) is 0 Å². The minimum atomic E-state index is 0.208. The molecule has 2 N–H and O–H groups in total. The van der Waals surface area contributed by atoms with Gasteiger partial charge < -0.3 is 10.1 Å². The zero-order valence-corrected chi connectivity index (χ0v) is 16.2. The molecular weight excluding hydrogens is 356 g/mol. The Bertz CT molecular complexity index is 1350. The first-order valence-electron chi connectivity index (χ1n) is 10.0. The van der Waals surface area contributed by atoms with Crippen LogP contribution in [-0.2, 0) is 6.54 Å². The molecule has 0 aliphatic rings. The van der Waals surface area contributed by atoms with Gasteiger partial charge in [-0.15, -0.1) is 0 Å². The van der Waals surface area contributed by atoms with Gasteiger partial charge in [0, 0.05) is 47.0 Å². The zero-order valence-electron chi connectivity index (χ0n) is 16.2. The van der Waals surface area contributed by atoms with Crippen LogP contribution in [0.15, 0.2) is 79.0 Å². The molecule has 3 aromatic carbocycles. The van der Waals surface area contributed by atoms with Crippen LogP contribution in [0, 0.1) is 0 Å². The topological polar surface area (TPSA) is 39.9 Å². The lowest BCUT2D eigenvalue weighted by Crippen LogP contribution is -2.34. The van der Waals surface area contributed by atoms with Crippen molar-refractivity contribution >= 4 is 44.9 Å². The van der Waals surface area contributed by atoms with Gasteiger partial charge in [-0.05, 0) is 35.4 Å². The van der Waals surface area contributed by atoms with Crippen LogP contribution in [0.25, 0.3) is 44.9 Å². The first kappa shape index (κ1) is 17.7. The highest BCUT2D eigenvalue weighted by molar-refractivity contribution is 6.08. The number of aliphatic hydroxyl groups is 1. The molecule has 0 bridgehead atoms. The van der Waals surface area contributed by atoms with Crippen LogP contribution < -0.4 is 4.57 Å². The summed E-state index contributed by atoms with van der Waals surface area (Å²) in [6, 6.07) is 25.6. The van der Waals surface area contributed by atoms with Crippen molar-refractivity contribution in [2.45, 2.75) is 13.0 Å². The lowest BCUT2D eigenvalue weighted by Gasteiger charge is -2.04. The molecule has 3 nitrogen and oxygen atoms in total. The van der Waals surface area contributed by atoms with Crippen molar-refractivity contribution in [2.75, 3.05) is 6.61 Å². The van der Waals surface area contributed by atoms with Gasteiger partial charge >= 0.3 is 0 Å². The first-order valence-corrected chi connectivity index (χ1v) is 10.0. The molecule has 5 rings (SSSR count). The lowest BCUT2D eigenvalue weighted by atomic mass is 10.1. The number of nitrogens with one attached hydrogen (secondary N) is 1. The number of benzene rings is 3. The Morgan fingerprint density at radius 1 is 0.793 bits per heavy atom. The highest BCUT2D eigenvalue weighted by atomic mass is 16.3. The zero-order chi connectivity index (χ0) is 19.6. The summed E-state index contributed by atoms with van der Waals surface area (Å²) in [5.41, 5.74) is 5.90. The number of pyridine rings is 1. The molecule has 0 saturated carbocycles. The highest BCUT2D eigenvalue weighted by Crippen LogP contribution is 2.27. The smallest absolute Gasteiger partial charge is 0.213 e. The van der Waals surface area contributed by atoms with E-state index in [0.29, 0.717) is 0 Å². The fourth-order valence-corrected chi connectivity index (χ4v) is 4.05. The molecule has 142 valence electrons. The first-order chi connectivity index (χ1) is 14.3. The largest absolute Gasteiger partial charge is 0.396 e. The number of rotatable bonds is 5. The minimum absolute atomic E-state index is 0.208.